The molecule has 82 valence electrons. The van der Waals surface area contributed by atoms with Crippen molar-refractivity contribution in [2.45, 2.75) is 47.0 Å². The Labute approximate surface area is 89.2 Å². The van der Waals surface area contributed by atoms with Crippen molar-refractivity contribution in [1.82, 2.24) is 4.90 Å². The Morgan fingerprint density at radius 1 is 1.14 bits per heavy atom. The number of hydrogen-bond donors (Lipinski definition) is 0. The summed E-state index contributed by atoms with van der Waals surface area (Å²) in [7, 11) is 2.25. The van der Waals surface area contributed by atoms with E-state index < -0.39 is 0 Å². The van der Waals surface area contributed by atoms with Gasteiger partial charge in [-0.2, -0.15) is 0 Å². The van der Waals surface area contributed by atoms with Crippen molar-refractivity contribution in [3.8, 4) is 0 Å². The van der Waals surface area contributed by atoms with Crippen LogP contribution in [-0.2, 0) is 0 Å². The molecule has 0 aromatic rings. The lowest BCUT2D eigenvalue weighted by atomic mass is 9.81. The van der Waals surface area contributed by atoms with Gasteiger partial charge in [0.1, 0.15) is 0 Å². The van der Waals surface area contributed by atoms with E-state index in [9.17, 15) is 0 Å². The van der Waals surface area contributed by atoms with Gasteiger partial charge in [0.25, 0.3) is 0 Å². The van der Waals surface area contributed by atoms with Gasteiger partial charge in [0, 0.05) is 12.0 Å². The monoisotopic (exact) mass is 195 g/mol. The fourth-order valence-corrected chi connectivity index (χ4v) is 2.84. The van der Waals surface area contributed by atoms with Crippen LogP contribution in [0.1, 0.15) is 47.0 Å². The van der Waals surface area contributed by atoms with E-state index in [-0.39, 0.29) is 0 Å². The molecule has 1 spiro atoms. The van der Waals surface area contributed by atoms with Crippen molar-refractivity contribution in [2.75, 3.05) is 20.1 Å². The molecule has 1 fully saturated rings. The molecule has 1 aliphatic heterocycles. The molecular formula is C13H25N. The minimum atomic E-state index is 0.596. The molecule has 0 aromatic carbocycles. The van der Waals surface area contributed by atoms with E-state index in [4.69, 9.17) is 0 Å². The third kappa shape index (κ3) is 1.88. The largest absolute Gasteiger partial charge is 0.305 e. The molecule has 1 atom stereocenters. The average Bonchev–Trinajstić information content (AvgIpc) is 2.70. The minimum absolute atomic E-state index is 0.596. The standard InChI is InChI=1S/C11H19N.C2H6/c1-9-4-5-11(10(9)2)6-7-12(3)8-11;1-2/h4-8H2,1-3H3;1-2H3. The second kappa shape index (κ2) is 4.48. The number of likely N-dealkylation sites (tertiary alicyclic amines) is 1. The molecule has 14 heavy (non-hydrogen) atoms. The summed E-state index contributed by atoms with van der Waals surface area (Å²) in [6, 6.07) is 0. The van der Waals surface area contributed by atoms with E-state index in [0.717, 1.165) is 0 Å². The van der Waals surface area contributed by atoms with E-state index in [1.807, 2.05) is 13.8 Å². The van der Waals surface area contributed by atoms with Crippen LogP contribution in [0, 0.1) is 5.41 Å². The Morgan fingerprint density at radius 2 is 1.79 bits per heavy atom. The molecular weight excluding hydrogens is 170 g/mol. The van der Waals surface area contributed by atoms with Crippen LogP contribution in [0.5, 0.6) is 0 Å². The number of rotatable bonds is 0. The van der Waals surface area contributed by atoms with Gasteiger partial charge >= 0.3 is 0 Å². The molecule has 0 bridgehead atoms. The minimum Gasteiger partial charge on any atom is -0.305 e. The maximum absolute atomic E-state index is 2.47. The normalized spacial score (nSPS) is 32.4. The average molecular weight is 195 g/mol. The van der Waals surface area contributed by atoms with Crippen molar-refractivity contribution < 1.29 is 0 Å². The topological polar surface area (TPSA) is 3.24 Å². The van der Waals surface area contributed by atoms with Crippen molar-refractivity contribution in [2.24, 2.45) is 5.41 Å². The molecule has 2 aliphatic rings. The Balaban J connectivity index is 0.000000461. The van der Waals surface area contributed by atoms with E-state index in [2.05, 4.69) is 25.8 Å². The van der Waals surface area contributed by atoms with Crippen LogP contribution >= 0.6 is 0 Å². The fraction of sp³-hybridized carbons (Fsp3) is 0.846. The van der Waals surface area contributed by atoms with Crippen molar-refractivity contribution >= 4 is 0 Å². The van der Waals surface area contributed by atoms with Crippen LogP contribution in [0.15, 0.2) is 11.1 Å². The van der Waals surface area contributed by atoms with Gasteiger partial charge in [-0.1, -0.05) is 25.0 Å². The number of allylic oxidation sites excluding steroid dienone is 1. The highest BCUT2D eigenvalue weighted by Gasteiger charge is 2.41. The van der Waals surface area contributed by atoms with E-state index in [0.29, 0.717) is 5.41 Å². The van der Waals surface area contributed by atoms with Crippen LogP contribution in [-0.4, -0.2) is 25.0 Å². The third-order valence-electron chi connectivity index (χ3n) is 3.96. The second-order valence-corrected chi connectivity index (χ2v) is 4.67. The van der Waals surface area contributed by atoms with Crippen molar-refractivity contribution in [1.29, 1.82) is 0 Å². The highest BCUT2D eigenvalue weighted by molar-refractivity contribution is 5.27. The molecule has 1 heteroatoms. The Kier molecular flexibility index (Phi) is 3.77. The lowest BCUT2D eigenvalue weighted by Crippen LogP contribution is -2.23. The Hall–Kier alpha value is -0.300. The predicted octanol–water partition coefficient (Wildman–Crippen LogP) is 3.46. The van der Waals surface area contributed by atoms with Crippen LogP contribution in [0.2, 0.25) is 0 Å². The van der Waals surface area contributed by atoms with E-state index >= 15 is 0 Å². The second-order valence-electron chi connectivity index (χ2n) is 4.67. The first-order chi connectivity index (χ1) is 6.64. The summed E-state index contributed by atoms with van der Waals surface area (Å²) in [6.45, 7) is 11.3. The summed E-state index contributed by atoms with van der Waals surface area (Å²) >= 11 is 0. The van der Waals surface area contributed by atoms with Gasteiger partial charge in [-0.25, -0.2) is 0 Å². The first kappa shape index (κ1) is 11.8. The molecule has 0 radical (unpaired) electrons. The van der Waals surface area contributed by atoms with Gasteiger partial charge in [0.15, 0.2) is 0 Å². The summed E-state index contributed by atoms with van der Waals surface area (Å²) in [4.78, 5) is 2.47. The smallest absolute Gasteiger partial charge is 0.00729 e. The van der Waals surface area contributed by atoms with Crippen molar-refractivity contribution in [3.05, 3.63) is 11.1 Å². The zero-order chi connectivity index (χ0) is 10.8. The molecule has 1 unspecified atom stereocenters. The summed E-state index contributed by atoms with van der Waals surface area (Å²) in [5, 5.41) is 0. The van der Waals surface area contributed by atoms with E-state index in [1.165, 1.54) is 32.4 Å². The fourth-order valence-electron chi connectivity index (χ4n) is 2.84. The van der Waals surface area contributed by atoms with Gasteiger partial charge in [-0.3, -0.25) is 0 Å². The Morgan fingerprint density at radius 3 is 2.14 bits per heavy atom. The molecule has 0 amide bonds. The molecule has 2 rings (SSSR count). The number of hydrogen-bond acceptors (Lipinski definition) is 1. The van der Waals surface area contributed by atoms with Gasteiger partial charge < -0.3 is 4.90 Å². The highest BCUT2D eigenvalue weighted by atomic mass is 15.1. The molecule has 1 saturated heterocycles. The lowest BCUT2D eigenvalue weighted by molar-refractivity contribution is 0.328. The molecule has 1 heterocycles. The van der Waals surface area contributed by atoms with Crippen LogP contribution in [0.4, 0.5) is 0 Å². The molecule has 0 aromatic heterocycles. The Bertz CT molecular complexity index is 229. The molecule has 1 nitrogen and oxygen atoms in total. The first-order valence-corrected chi connectivity index (χ1v) is 5.99. The highest BCUT2D eigenvalue weighted by Crippen LogP contribution is 2.48. The molecule has 1 aliphatic carbocycles. The van der Waals surface area contributed by atoms with Crippen LogP contribution < -0.4 is 0 Å². The summed E-state index contributed by atoms with van der Waals surface area (Å²) in [6.07, 6.45) is 4.15. The number of nitrogens with zero attached hydrogens (tertiary/aromatic N) is 1. The lowest BCUT2D eigenvalue weighted by Gasteiger charge is -2.25. The van der Waals surface area contributed by atoms with Crippen molar-refractivity contribution in [3.63, 3.8) is 0 Å². The van der Waals surface area contributed by atoms with Gasteiger partial charge in [0.2, 0.25) is 0 Å². The maximum Gasteiger partial charge on any atom is 0.00729 e. The van der Waals surface area contributed by atoms with E-state index in [1.54, 1.807) is 11.1 Å². The first-order valence-electron chi connectivity index (χ1n) is 5.99. The van der Waals surface area contributed by atoms with Gasteiger partial charge in [0.05, 0.1) is 0 Å². The zero-order valence-electron chi connectivity index (χ0n) is 10.5. The molecule has 0 N–H and O–H groups in total. The summed E-state index contributed by atoms with van der Waals surface area (Å²) in [5.41, 5.74) is 3.95. The molecule has 0 saturated carbocycles. The maximum atomic E-state index is 2.47. The van der Waals surface area contributed by atoms with Gasteiger partial charge in [-0.05, 0) is 46.7 Å². The van der Waals surface area contributed by atoms with Crippen LogP contribution in [0.3, 0.4) is 0 Å². The van der Waals surface area contributed by atoms with Crippen LogP contribution in [0.25, 0.3) is 0 Å². The van der Waals surface area contributed by atoms with Gasteiger partial charge in [-0.15, -0.1) is 0 Å². The SMILES string of the molecule is CC.CC1=C(C)C2(CC1)CCN(C)C2. The predicted molar refractivity (Wildman–Crippen MR) is 63.5 cm³/mol. The quantitative estimate of drug-likeness (QED) is 0.535. The zero-order valence-corrected chi connectivity index (χ0v) is 10.5. The summed E-state index contributed by atoms with van der Waals surface area (Å²) < 4.78 is 0. The summed E-state index contributed by atoms with van der Waals surface area (Å²) in [5.74, 6) is 0. The third-order valence-corrected chi connectivity index (χ3v) is 3.96.